The third-order valence-electron chi connectivity index (χ3n) is 3.41. The largest absolute Gasteiger partial charge is 0.484 e. The van der Waals surface area contributed by atoms with Crippen molar-refractivity contribution < 1.29 is 4.74 Å². The highest BCUT2D eigenvalue weighted by Crippen LogP contribution is 2.28. The minimum Gasteiger partial charge on any atom is -0.484 e. The number of hydrogen-bond acceptors (Lipinski definition) is 2. The molecule has 2 aromatic carbocycles. The van der Waals surface area contributed by atoms with Crippen molar-refractivity contribution in [1.82, 2.24) is 9.55 Å². The molecule has 3 aromatic rings. The van der Waals surface area contributed by atoms with Crippen LogP contribution in [0.2, 0.25) is 10.0 Å². The Hall–Kier alpha value is -1.97. The van der Waals surface area contributed by atoms with Crippen LogP contribution in [0.4, 0.5) is 0 Å². The zero-order valence-corrected chi connectivity index (χ0v) is 14.2. The van der Waals surface area contributed by atoms with Gasteiger partial charge in [-0.25, -0.2) is 4.98 Å². The van der Waals surface area contributed by atoms with Crippen LogP contribution in [-0.2, 0) is 13.2 Å². The normalized spacial score (nSPS) is 10.9. The maximum absolute atomic E-state index is 6.15. The number of rotatable bonds is 5. The summed E-state index contributed by atoms with van der Waals surface area (Å²) < 4.78 is 7.94. The first-order valence-corrected chi connectivity index (χ1v) is 7.96. The molecule has 0 bridgehead atoms. The van der Waals surface area contributed by atoms with Gasteiger partial charge in [-0.05, 0) is 37.3 Å². The van der Waals surface area contributed by atoms with Gasteiger partial charge in [0.2, 0.25) is 0 Å². The maximum atomic E-state index is 6.15. The van der Waals surface area contributed by atoms with E-state index in [9.17, 15) is 0 Å². The fraction of sp³-hybridized carbons (Fsp3) is 0.167. The van der Waals surface area contributed by atoms with Gasteiger partial charge in [0.25, 0.3) is 0 Å². The molecule has 0 saturated carbocycles. The van der Waals surface area contributed by atoms with Crippen LogP contribution in [-0.4, -0.2) is 9.55 Å². The lowest BCUT2D eigenvalue weighted by Crippen LogP contribution is -2.08. The van der Waals surface area contributed by atoms with Crippen LogP contribution >= 0.6 is 23.2 Å². The van der Waals surface area contributed by atoms with Gasteiger partial charge in [-0.2, -0.15) is 0 Å². The third-order valence-corrected chi connectivity index (χ3v) is 3.94. The SMILES string of the molecule is C=C(C)Cn1c(COc2ccc(Cl)cc2Cl)nc2ccccc21. The van der Waals surface area contributed by atoms with Crippen molar-refractivity contribution in [1.29, 1.82) is 0 Å². The Kier molecular flexibility index (Phi) is 4.60. The van der Waals surface area contributed by atoms with Crippen LogP contribution in [0.25, 0.3) is 11.0 Å². The molecule has 0 N–H and O–H groups in total. The molecule has 0 aliphatic rings. The van der Waals surface area contributed by atoms with Crippen LogP contribution < -0.4 is 4.74 Å². The number of ether oxygens (including phenoxy) is 1. The molecule has 0 fully saturated rings. The number of hydrogen-bond donors (Lipinski definition) is 0. The second kappa shape index (κ2) is 6.65. The molecular weight excluding hydrogens is 331 g/mol. The highest BCUT2D eigenvalue weighted by atomic mass is 35.5. The Bertz CT molecular complexity index is 871. The molecule has 0 atom stereocenters. The first kappa shape index (κ1) is 15.9. The predicted octanol–water partition coefficient (Wildman–Crippen LogP) is 5.50. The Morgan fingerprint density at radius 3 is 2.74 bits per heavy atom. The minimum absolute atomic E-state index is 0.323. The standard InChI is InChI=1S/C18H16Cl2N2O/c1-12(2)10-22-16-6-4-3-5-15(16)21-18(22)11-23-17-8-7-13(19)9-14(17)20/h3-9H,1,10-11H2,2H3. The Morgan fingerprint density at radius 2 is 2.00 bits per heavy atom. The van der Waals surface area contributed by atoms with Crippen LogP contribution in [0.15, 0.2) is 54.6 Å². The molecule has 3 rings (SSSR count). The summed E-state index contributed by atoms with van der Waals surface area (Å²) in [5, 5.41) is 1.07. The molecule has 0 unspecified atom stereocenters. The lowest BCUT2D eigenvalue weighted by atomic mass is 10.3. The first-order valence-electron chi connectivity index (χ1n) is 7.21. The number of para-hydroxylation sites is 2. The summed E-state index contributed by atoms with van der Waals surface area (Å²) >= 11 is 12.1. The van der Waals surface area contributed by atoms with Crippen molar-refractivity contribution >= 4 is 34.2 Å². The third kappa shape index (κ3) is 3.52. The minimum atomic E-state index is 0.323. The highest BCUT2D eigenvalue weighted by Gasteiger charge is 2.12. The summed E-state index contributed by atoms with van der Waals surface area (Å²) in [6.45, 7) is 7.02. The number of nitrogens with zero attached hydrogens (tertiary/aromatic N) is 2. The second-order valence-electron chi connectivity index (χ2n) is 5.42. The summed E-state index contributed by atoms with van der Waals surface area (Å²) in [7, 11) is 0. The van der Waals surface area contributed by atoms with E-state index in [1.165, 1.54) is 0 Å². The molecule has 0 amide bonds. The van der Waals surface area contributed by atoms with Gasteiger partial charge in [-0.1, -0.05) is 47.5 Å². The average molecular weight is 347 g/mol. The number of aromatic nitrogens is 2. The van der Waals surface area contributed by atoms with Crippen LogP contribution in [0.3, 0.4) is 0 Å². The van der Waals surface area contributed by atoms with Crippen molar-refractivity contribution in [2.45, 2.75) is 20.1 Å². The molecule has 0 saturated heterocycles. The number of imidazole rings is 1. The van der Waals surface area contributed by atoms with Crippen LogP contribution in [0.1, 0.15) is 12.7 Å². The molecule has 1 heterocycles. The van der Waals surface area contributed by atoms with Gasteiger partial charge < -0.3 is 9.30 Å². The molecule has 23 heavy (non-hydrogen) atoms. The van der Waals surface area contributed by atoms with E-state index in [1.807, 2.05) is 31.2 Å². The summed E-state index contributed by atoms with van der Waals surface area (Å²) in [4.78, 5) is 4.66. The van der Waals surface area contributed by atoms with E-state index in [-0.39, 0.29) is 0 Å². The van der Waals surface area contributed by atoms with E-state index in [1.54, 1.807) is 18.2 Å². The van der Waals surface area contributed by atoms with E-state index in [4.69, 9.17) is 27.9 Å². The smallest absolute Gasteiger partial charge is 0.148 e. The fourth-order valence-electron chi connectivity index (χ4n) is 2.42. The molecule has 118 valence electrons. The van der Waals surface area contributed by atoms with Crippen molar-refractivity contribution in [2.24, 2.45) is 0 Å². The summed E-state index contributed by atoms with van der Waals surface area (Å²) in [6.07, 6.45) is 0. The molecule has 0 radical (unpaired) electrons. The zero-order valence-electron chi connectivity index (χ0n) is 12.7. The van der Waals surface area contributed by atoms with E-state index < -0.39 is 0 Å². The topological polar surface area (TPSA) is 27.1 Å². The second-order valence-corrected chi connectivity index (χ2v) is 6.27. The predicted molar refractivity (Wildman–Crippen MR) is 95.3 cm³/mol. The van der Waals surface area contributed by atoms with Crippen molar-refractivity contribution in [3.05, 3.63) is 70.5 Å². The van der Waals surface area contributed by atoms with Gasteiger partial charge in [-0.3, -0.25) is 0 Å². The number of benzene rings is 2. The van der Waals surface area contributed by atoms with Crippen LogP contribution in [0, 0.1) is 0 Å². The lowest BCUT2D eigenvalue weighted by Gasteiger charge is -2.11. The molecule has 0 spiro atoms. The first-order chi connectivity index (χ1) is 11.0. The van der Waals surface area contributed by atoms with E-state index in [2.05, 4.69) is 16.1 Å². The molecule has 5 heteroatoms. The quantitative estimate of drug-likeness (QED) is 0.570. The lowest BCUT2D eigenvalue weighted by molar-refractivity contribution is 0.291. The van der Waals surface area contributed by atoms with Gasteiger partial charge in [0.1, 0.15) is 18.2 Å². The Labute approximate surface area is 145 Å². The summed E-state index contributed by atoms with van der Waals surface area (Å²) in [5.41, 5.74) is 3.06. The van der Waals surface area contributed by atoms with Crippen molar-refractivity contribution in [2.75, 3.05) is 0 Å². The number of fused-ring (bicyclic) bond motifs is 1. The molecule has 3 nitrogen and oxygen atoms in total. The van der Waals surface area contributed by atoms with Gasteiger partial charge in [0, 0.05) is 11.6 Å². The Morgan fingerprint density at radius 1 is 1.22 bits per heavy atom. The fourth-order valence-corrected chi connectivity index (χ4v) is 2.88. The summed E-state index contributed by atoms with van der Waals surface area (Å²) in [5.74, 6) is 1.42. The maximum Gasteiger partial charge on any atom is 0.148 e. The number of halogens is 2. The van der Waals surface area contributed by atoms with E-state index in [0.29, 0.717) is 28.9 Å². The number of allylic oxidation sites excluding steroid dienone is 1. The molecular formula is C18H16Cl2N2O. The van der Waals surface area contributed by atoms with Crippen molar-refractivity contribution in [3.63, 3.8) is 0 Å². The van der Waals surface area contributed by atoms with Gasteiger partial charge in [0.05, 0.1) is 16.1 Å². The van der Waals surface area contributed by atoms with E-state index >= 15 is 0 Å². The molecule has 1 aromatic heterocycles. The Balaban J connectivity index is 1.91. The monoisotopic (exact) mass is 346 g/mol. The average Bonchev–Trinajstić information content (AvgIpc) is 2.84. The molecule has 0 aliphatic carbocycles. The van der Waals surface area contributed by atoms with Gasteiger partial charge in [0.15, 0.2) is 0 Å². The van der Waals surface area contributed by atoms with Gasteiger partial charge >= 0.3 is 0 Å². The summed E-state index contributed by atoms with van der Waals surface area (Å²) in [6, 6.07) is 13.2. The highest BCUT2D eigenvalue weighted by molar-refractivity contribution is 6.35. The van der Waals surface area contributed by atoms with E-state index in [0.717, 1.165) is 22.4 Å². The zero-order chi connectivity index (χ0) is 16.4. The molecule has 0 aliphatic heterocycles. The van der Waals surface area contributed by atoms with Gasteiger partial charge in [-0.15, -0.1) is 0 Å². The van der Waals surface area contributed by atoms with Crippen LogP contribution in [0.5, 0.6) is 5.75 Å². The van der Waals surface area contributed by atoms with Crippen molar-refractivity contribution in [3.8, 4) is 5.75 Å².